The fourth-order valence-corrected chi connectivity index (χ4v) is 3.18. The van der Waals surface area contributed by atoms with E-state index >= 15 is 0 Å². The summed E-state index contributed by atoms with van der Waals surface area (Å²) in [6, 6.07) is 9.84. The van der Waals surface area contributed by atoms with Gasteiger partial charge in [0.15, 0.2) is 0 Å². The number of benzene rings is 1. The molecule has 0 aromatic heterocycles. The Kier molecular flexibility index (Phi) is 5.41. The lowest BCUT2D eigenvalue weighted by molar-refractivity contribution is 0.272. The molecule has 1 fully saturated rings. The third-order valence-corrected chi connectivity index (χ3v) is 4.34. The zero-order valence-electron chi connectivity index (χ0n) is 12.7. The lowest BCUT2D eigenvalue weighted by Gasteiger charge is -2.26. The zero-order chi connectivity index (χ0) is 13.7. The number of likely N-dealkylation sites (tertiary alicyclic amines) is 1. The summed E-state index contributed by atoms with van der Waals surface area (Å²) in [5.41, 5.74) is 2.92. The lowest BCUT2D eigenvalue weighted by Crippen LogP contribution is -2.28. The summed E-state index contributed by atoms with van der Waals surface area (Å²) in [7, 11) is 2.26. The van der Waals surface area contributed by atoms with Crippen molar-refractivity contribution in [2.24, 2.45) is 5.92 Å². The number of aryl methyl sites for hydroxylation is 1. The standard InChI is InChI=1S/C17H28N2/c1-4-11-18-13-16-10-12-19(3)17(16)15-8-6-14(5-2)7-9-15/h6-9,16-18H,4-5,10-13H2,1-3H3. The van der Waals surface area contributed by atoms with Crippen LogP contribution in [0.3, 0.4) is 0 Å². The van der Waals surface area contributed by atoms with Gasteiger partial charge in [0.05, 0.1) is 0 Å². The number of nitrogens with one attached hydrogen (secondary N) is 1. The minimum Gasteiger partial charge on any atom is -0.316 e. The maximum absolute atomic E-state index is 3.59. The molecule has 0 saturated carbocycles. The van der Waals surface area contributed by atoms with Crippen LogP contribution in [-0.2, 0) is 6.42 Å². The smallest absolute Gasteiger partial charge is 0.0385 e. The minimum absolute atomic E-state index is 0.593. The number of rotatable bonds is 6. The molecule has 19 heavy (non-hydrogen) atoms. The molecule has 2 rings (SSSR count). The second kappa shape index (κ2) is 7.06. The van der Waals surface area contributed by atoms with Crippen LogP contribution in [0.5, 0.6) is 0 Å². The predicted octanol–water partition coefficient (Wildman–Crippen LogP) is 3.24. The number of nitrogens with zero attached hydrogens (tertiary/aromatic N) is 1. The second-order valence-electron chi connectivity index (χ2n) is 5.77. The Bertz CT molecular complexity index is 371. The molecule has 106 valence electrons. The van der Waals surface area contributed by atoms with Crippen molar-refractivity contribution < 1.29 is 0 Å². The van der Waals surface area contributed by atoms with E-state index in [0.717, 1.165) is 25.4 Å². The van der Waals surface area contributed by atoms with E-state index in [0.29, 0.717) is 6.04 Å². The Morgan fingerprint density at radius 2 is 1.95 bits per heavy atom. The van der Waals surface area contributed by atoms with E-state index < -0.39 is 0 Å². The monoisotopic (exact) mass is 260 g/mol. The second-order valence-corrected chi connectivity index (χ2v) is 5.77. The van der Waals surface area contributed by atoms with E-state index in [2.05, 4.69) is 55.4 Å². The largest absolute Gasteiger partial charge is 0.316 e. The van der Waals surface area contributed by atoms with Crippen molar-refractivity contribution in [3.8, 4) is 0 Å². The van der Waals surface area contributed by atoms with E-state index in [1.807, 2.05) is 0 Å². The SMILES string of the molecule is CCCNCC1CCN(C)C1c1ccc(CC)cc1. The first kappa shape index (κ1) is 14.5. The van der Waals surface area contributed by atoms with Crippen LogP contribution in [0.2, 0.25) is 0 Å². The Morgan fingerprint density at radius 1 is 1.21 bits per heavy atom. The van der Waals surface area contributed by atoms with Crippen molar-refractivity contribution in [3.05, 3.63) is 35.4 Å². The summed E-state index contributed by atoms with van der Waals surface area (Å²) < 4.78 is 0. The molecular weight excluding hydrogens is 232 g/mol. The lowest BCUT2D eigenvalue weighted by atomic mass is 9.93. The quantitative estimate of drug-likeness (QED) is 0.790. The first-order valence-electron chi connectivity index (χ1n) is 7.76. The molecule has 2 heteroatoms. The van der Waals surface area contributed by atoms with Crippen LogP contribution in [-0.4, -0.2) is 31.6 Å². The molecule has 1 aliphatic heterocycles. The van der Waals surface area contributed by atoms with Gasteiger partial charge in [0.25, 0.3) is 0 Å². The van der Waals surface area contributed by atoms with Gasteiger partial charge in [0, 0.05) is 6.04 Å². The number of hydrogen-bond donors (Lipinski definition) is 1. The molecule has 1 aromatic carbocycles. The van der Waals surface area contributed by atoms with Gasteiger partial charge in [0.2, 0.25) is 0 Å². The van der Waals surface area contributed by atoms with Gasteiger partial charge in [-0.1, -0.05) is 38.1 Å². The van der Waals surface area contributed by atoms with Crippen molar-refractivity contribution in [2.45, 2.75) is 39.2 Å². The molecule has 0 amide bonds. The topological polar surface area (TPSA) is 15.3 Å². The summed E-state index contributed by atoms with van der Waals surface area (Å²) >= 11 is 0. The van der Waals surface area contributed by atoms with Gasteiger partial charge in [0.1, 0.15) is 0 Å². The van der Waals surface area contributed by atoms with Crippen LogP contribution in [0.15, 0.2) is 24.3 Å². The Labute approximate surface area is 118 Å². The van der Waals surface area contributed by atoms with E-state index in [1.54, 1.807) is 0 Å². The fourth-order valence-electron chi connectivity index (χ4n) is 3.18. The highest BCUT2D eigenvalue weighted by Crippen LogP contribution is 2.35. The Hall–Kier alpha value is -0.860. The average Bonchev–Trinajstić information content (AvgIpc) is 2.80. The van der Waals surface area contributed by atoms with Gasteiger partial charge in [-0.25, -0.2) is 0 Å². The van der Waals surface area contributed by atoms with E-state index in [9.17, 15) is 0 Å². The fraction of sp³-hybridized carbons (Fsp3) is 0.647. The summed E-state index contributed by atoms with van der Waals surface area (Å²) in [6.07, 6.45) is 3.66. The molecule has 1 N–H and O–H groups in total. The van der Waals surface area contributed by atoms with Crippen LogP contribution < -0.4 is 5.32 Å². The molecule has 1 saturated heterocycles. The van der Waals surface area contributed by atoms with Gasteiger partial charge in [-0.2, -0.15) is 0 Å². The third-order valence-electron chi connectivity index (χ3n) is 4.34. The van der Waals surface area contributed by atoms with Crippen LogP contribution in [0.1, 0.15) is 43.9 Å². The zero-order valence-corrected chi connectivity index (χ0v) is 12.7. The molecule has 1 heterocycles. The highest BCUT2D eigenvalue weighted by atomic mass is 15.2. The van der Waals surface area contributed by atoms with Crippen molar-refractivity contribution in [3.63, 3.8) is 0 Å². The maximum Gasteiger partial charge on any atom is 0.0385 e. The molecule has 1 aliphatic rings. The summed E-state index contributed by atoms with van der Waals surface area (Å²) in [5, 5.41) is 3.59. The first-order chi connectivity index (χ1) is 9.26. The maximum atomic E-state index is 3.59. The van der Waals surface area contributed by atoms with Crippen LogP contribution in [0, 0.1) is 5.92 Å². The molecule has 0 radical (unpaired) electrons. The highest BCUT2D eigenvalue weighted by Gasteiger charge is 2.32. The van der Waals surface area contributed by atoms with Gasteiger partial charge in [-0.15, -0.1) is 0 Å². The average molecular weight is 260 g/mol. The van der Waals surface area contributed by atoms with Crippen LogP contribution in [0.4, 0.5) is 0 Å². The van der Waals surface area contributed by atoms with Crippen molar-refractivity contribution >= 4 is 0 Å². The summed E-state index contributed by atoms with van der Waals surface area (Å²) in [6.45, 7) is 7.96. The third kappa shape index (κ3) is 3.58. The summed E-state index contributed by atoms with van der Waals surface area (Å²) in [4.78, 5) is 2.51. The van der Waals surface area contributed by atoms with E-state index in [-0.39, 0.29) is 0 Å². The molecular formula is C17H28N2. The normalized spacial score (nSPS) is 23.9. The Morgan fingerprint density at radius 3 is 2.58 bits per heavy atom. The van der Waals surface area contributed by atoms with Gasteiger partial charge < -0.3 is 5.32 Å². The molecule has 0 spiro atoms. The molecule has 1 aromatic rings. The van der Waals surface area contributed by atoms with Crippen molar-refractivity contribution in [2.75, 3.05) is 26.7 Å². The van der Waals surface area contributed by atoms with Crippen LogP contribution >= 0.6 is 0 Å². The minimum atomic E-state index is 0.593. The van der Waals surface area contributed by atoms with Gasteiger partial charge in [-0.05, 0) is 63.0 Å². The van der Waals surface area contributed by atoms with Gasteiger partial charge >= 0.3 is 0 Å². The van der Waals surface area contributed by atoms with Crippen molar-refractivity contribution in [1.82, 2.24) is 10.2 Å². The molecule has 2 atom stereocenters. The number of hydrogen-bond acceptors (Lipinski definition) is 2. The molecule has 0 bridgehead atoms. The van der Waals surface area contributed by atoms with E-state index in [1.165, 1.54) is 30.5 Å². The summed E-state index contributed by atoms with van der Waals surface area (Å²) in [5.74, 6) is 0.754. The van der Waals surface area contributed by atoms with E-state index in [4.69, 9.17) is 0 Å². The molecule has 2 nitrogen and oxygen atoms in total. The van der Waals surface area contributed by atoms with Gasteiger partial charge in [-0.3, -0.25) is 4.90 Å². The highest BCUT2D eigenvalue weighted by molar-refractivity contribution is 5.26. The first-order valence-corrected chi connectivity index (χ1v) is 7.76. The Balaban J connectivity index is 2.05. The van der Waals surface area contributed by atoms with Crippen LogP contribution in [0.25, 0.3) is 0 Å². The molecule has 2 unspecified atom stereocenters. The van der Waals surface area contributed by atoms with Crippen molar-refractivity contribution in [1.29, 1.82) is 0 Å². The predicted molar refractivity (Wildman–Crippen MR) is 82.5 cm³/mol. The molecule has 0 aliphatic carbocycles.